The minimum atomic E-state index is -4.39. The third-order valence-electron chi connectivity index (χ3n) is 4.84. The Labute approximate surface area is 178 Å². The lowest BCUT2D eigenvalue weighted by Gasteiger charge is -2.34. The highest BCUT2D eigenvalue weighted by Crippen LogP contribution is 2.24. The summed E-state index contributed by atoms with van der Waals surface area (Å²) in [4.78, 5) is 29.2. The molecule has 0 radical (unpaired) electrons. The SMILES string of the molecule is CCOC(=O)c1ccc(C(=O)N2CCN(S(=O)(=O)c3c(F)cccc3F)CC2)nc1C. The van der Waals surface area contributed by atoms with Crippen LogP contribution in [0.25, 0.3) is 0 Å². The number of nitrogens with zero attached hydrogens (tertiary/aromatic N) is 3. The average Bonchev–Trinajstić information content (AvgIpc) is 2.73. The molecule has 2 heterocycles. The number of amides is 1. The minimum Gasteiger partial charge on any atom is -0.462 e. The number of pyridine rings is 1. The second-order valence-corrected chi connectivity index (χ2v) is 8.67. The molecule has 0 N–H and O–H groups in total. The second-order valence-electron chi connectivity index (χ2n) is 6.80. The number of aromatic nitrogens is 1. The molecule has 1 aromatic heterocycles. The largest absolute Gasteiger partial charge is 0.462 e. The van der Waals surface area contributed by atoms with Gasteiger partial charge in [0.05, 0.1) is 17.9 Å². The number of benzene rings is 1. The number of esters is 1. The van der Waals surface area contributed by atoms with Crippen LogP contribution in [0.5, 0.6) is 0 Å². The number of rotatable bonds is 5. The minimum absolute atomic E-state index is 0.0223. The number of carbonyl (C=O) groups excluding carboxylic acids is 2. The van der Waals surface area contributed by atoms with Crippen molar-refractivity contribution < 1.29 is 31.5 Å². The van der Waals surface area contributed by atoms with E-state index in [4.69, 9.17) is 4.74 Å². The van der Waals surface area contributed by atoms with Crippen molar-refractivity contribution in [3.05, 3.63) is 58.9 Å². The molecule has 11 heteroatoms. The van der Waals surface area contributed by atoms with E-state index in [1.165, 1.54) is 17.0 Å². The van der Waals surface area contributed by atoms with Crippen molar-refractivity contribution in [3.8, 4) is 0 Å². The zero-order chi connectivity index (χ0) is 22.8. The number of hydrogen-bond acceptors (Lipinski definition) is 6. The van der Waals surface area contributed by atoms with Crippen molar-refractivity contribution in [3.63, 3.8) is 0 Å². The van der Waals surface area contributed by atoms with Crippen molar-refractivity contribution in [2.45, 2.75) is 18.7 Å². The molecule has 0 atom stereocenters. The fourth-order valence-electron chi connectivity index (χ4n) is 3.26. The van der Waals surface area contributed by atoms with E-state index in [2.05, 4.69) is 4.98 Å². The molecule has 1 saturated heterocycles. The lowest BCUT2D eigenvalue weighted by Crippen LogP contribution is -2.50. The van der Waals surface area contributed by atoms with Crippen LogP contribution in [-0.4, -0.2) is 67.3 Å². The molecule has 1 aliphatic rings. The van der Waals surface area contributed by atoms with E-state index in [9.17, 15) is 26.8 Å². The summed E-state index contributed by atoms with van der Waals surface area (Å²) in [6, 6.07) is 5.70. The molecule has 8 nitrogen and oxygen atoms in total. The maximum atomic E-state index is 14.0. The van der Waals surface area contributed by atoms with Gasteiger partial charge in [-0.3, -0.25) is 4.79 Å². The molecule has 0 spiro atoms. The van der Waals surface area contributed by atoms with Gasteiger partial charge in [-0.2, -0.15) is 4.31 Å². The summed E-state index contributed by atoms with van der Waals surface area (Å²) < 4.78 is 59.1. The third kappa shape index (κ3) is 4.57. The smallest absolute Gasteiger partial charge is 0.339 e. The van der Waals surface area contributed by atoms with E-state index >= 15 is 0 Å². The number of sulfonamides is 1. The molecule has 3 rings (SSSR count). The molecule has 2 aromatic rings. The lowest BCUT2D eigenvalue weighted by molar-refractivity contribution is 0.0523. The number of hydrogen-bond donors (Lipinski definition) is 0. The molecule has 1 amide bonds. The first kappa shape index (κ1) is 22.8. The normalized spacial score (nSPS) is 15.0. The summed E-state index contributed by atoms with van der Waals surface area (Å²) in [5, 5.41) is 0. The van der Waals surface area contributed by atoms with Gasteiger partial charge in [-0.05, 0) is 38.1 Å². The van der Waals surface area contributed by atoms with Crippen molar-refractivity contribution >= 4 is 21.9 Å². The molecule has 1 aliphatic heterocycles. The molecule has 0 unspecified atom stereocenters. The topological polar surface area (TPSA) is 96.9 Å². The van der Waals surface area contributed by atoms with Crippen molar-refractivity contribution in [1.82, 2.24) is 14.2 Å². The maximum absolute atomic E-state index is 14.0. The Morgan fingerprint density at radius 3 is 2.23 bits per heavy atom. The Bertz CT molecular complexity index is 1100. The molecule has 0 bridgehead atoms. The third-order valence-corrected chi connectivity index (χ3v) is 6.79. The first-order valence-electron chi connectivity index (χ1n) is 9.55. The molecule has 1 fully saturated rings. The quantitative estimate of drug-likeness (QED) is 0.643. The van der Waals surface area contributed by atoms with E-state index in [0.29, 0.717) is 5.69 Å². The van der Waals surface area contributed by atoms with Crippen LogP contribution in [0.3, 0.4) is 0 Å². The van der Waals surface area contributed by atoms with Crippen LogP contribution in [0.1, 0.15) is 33.5 Å². The van der Waals surface area contributed by atoms with Gasteiger partial charge in [0, 0.05) is 26.2 Å². The molecule has 0 aliphatic carbocycles. The van der Waals surface area contributed by atoms with Gasteiger partial charge < -0.3 is 9.64 Å². The highest BCUT2D eigenvalue weighted by molar-refractivity contribution is 7.89. The average molecular weight is 453 g/mol. The van der Waals surface area contributed by atoms with E-state index in [1.54, 1.807) is 13.8 Å². The summed E-state index contributed by atoms with van der Waals surface area (Å²) >= 11 is 0. The fourth-order valence-corrected chi connectivity index (χ4v) is 4.79. The van der Waals surface area contributed by atoms with Crippen molar-refractivity contribution in [2.24, 2.45) is 0 Å². The predicted octanol–water partition coefficient (Wildman–Crippen LogP) is 1.99. The monoisotopic (exact) mass is 453 g/mol. The van der Waals surface area contributed by atoms with Gasteiger partial charge in [-0.15, -0.1) is 0 Å². The highest BCUT2D eigenvalue weighted by atomic mass is 32.2. The summed E-state index contributed by atoms with van der Waals surface area (Å²) in [6.45, 7) is 3.27. The summed E-state index contributed by atoms with van der Waals surface area (Å²) in [6.07, 6.45) is 0. The van der Waals surface area contributed by atoms with Gasteiger partial charge in [0.2, 0.25) is 10.0 Å². The Hall–Kier alpha value is -2.92. The Balaban J connectivity index is 1.72. The summed E-state index contributed by atoms with van der Waals surface area (Å²) in [5.74, 6) is -3.31. The van der Waals surface area contributed by atoms with Gasteiger partial charge in [-0.1, -0.05) is 6.07 Å². The van der Waals surface area contributed by atoms with Crippen LogP contribution >= 0.6 is 0 Å². The molecular weight excluding hydrogens is 432 g/mol. The zero-order valence-electron chi connectivity index (χ0n) is 17.0. The van der Waals surface area contributed by atoms with Gasteiger partial charge in [0.1, 0.15) is 17.3 Å². The summed E-state index contributed by atoms with van der Waals surface area (Å²) in [5.41, 5.74) is 0.684. The van der Waals surface area contributed by atoms with E-state index in [1.807, 2.05) is 0 Å². The van der Waals surface area contributed by atoms with Gasteiger partial charge in [0.25, 0.3) is 5.91 Å². The zero-order valence-corrected chi connectivity index (χ0v) is 17.8. The number of carbonyl (C=O) groups is 2. The first-order valence-corrected chi connectivity index (χ1v) is 11.0. The Kier molecular flexibility index (Phi) is 6.65. The van der Waals surface area contributed by atoms with E-state index in [0.717, 1.165) is 22.5 Å². The van der Waals surface area contributed by atoms with Gasteiger partial charge >= 0.3 is 5.97 Å². The van der Waals surface area contributed by atoms with Crippen LogP contribution in [0.2, 0.25) is 0 Å². The van der Waals surface area contributed by atoms with Crippen molar-refractivity contribution in [2.75, 3.05) is 32.8 Å². The van der Waals surface area contributed by atoms with Crippen LogP contribution in [0, 0.1) is 18.6 Å². The van der Waals surface area contributed by atoms with E-state index in [-0.39, 0.29) is 44.0 Å². The Morgan fingerprint density at radius 1 is 1.06 bits per heavy atom. The predicted molar refractivity (Wildman–Crippen MR) is 106 cm³/mol. The standard InChI is InChI=1S/C20H21F2N3O5S/c1-3-30-20(27)14-7-8-17(23-13(14)2)19(26)24-9-11-25(12-10-24)31(28,29)18-15(21)5-4-6-16(18)22/h4-8H,3,9-12H2,1-2H3. The maximum Gasteiger partial charge on any atom is 0.339 e. The number of aryl methyl sites for hydroxylation is 1. The van der Waals surface area contributed by atoms with Crippen LogP contribution in [-0.2, 0) is 14.8 Å². The van der Waals surface area contributed by atoms with Crippen LogP contribution < -0.4 is 0 Å². The lowest BCUT2D eigenvalue weighted by atomic mass is 10.1. The number of ether oxygens (including phenoxy) is 1. The molecule has 166 valence electrons. The molecular formula is C20H21F2N3O5S. The van der Waals surface area contributed by atoms with Crippen LogP contribution in [0.15, 0.2) is 35.2 Å². The van der Waals surface area contributed by atoms with E-state index < -0.39 is 38.4 Å². The second kappa shape index (κ2) is 9.06. The first-order chi connectivity index (χ1) is 14.7. The van der Waals surface area contributed by atoms with Crippen molar-refractivity contribution in [1.29, 1.82) is 0 Å². The van der Waals surface area contributed by atoms with Crippen LogP contribution in [0.4, 0.5) is 8.78 Å². The van der Waals surface area contributed by atoms with Gasteiger partial charge in [-0.25, -0.2) is 27.0 Å². The number of piperazine rings is 1. The summed E-state index contributed by atoms with van der Waals surface area (Å²) in [7, 11) is -4.39. The molecule has 1 aromatic carbocycles. The van der Waals surface area contributed by atoms with Gasteiger partial charge in [0.15, 0.2) is 4.90 Å². The number of halogens is 2. The molecule has 0 saturated carbocycles. The Morgan fingerprint density at radius 2 is 1.68 bits per heavy atom. The highest BCUT2D eigenvalue weighted by Gasteiger charge is 2.34. The molecule has 31 heavy (non-hydrogen) atoms. The fraction of sp³-hybridized carbons (Fsp3) is 0.350.